The van der Waals surface area contributed by atoms with E-state index in [1.807, 2.05) is 0 Å². The zero-order valence-electron chi connectivity index (χ0n) is 12.9. The molecule has 122 valence electrons. The Labute approximate surface area is 129 Å². The smallest absolute Gasteiger partial charge is 0.311 e. The average Bonchev–Trinajstić information content (AvgIpc) is 2.50. The summed E-state index contributed by atoms with van der Waals surface area (Å²) in [5, 5.41) is 11.9. The van der Waals surface area contributed by atoms with Crippen LogP contribution in [-0.2, 0) is 9.59 Å². The third kappa shape index (κ3) is 4.72. The monoisotopic (exact) mass is 311 g/mol. The minimum atomic E-state index is -0.942. The van der Waals surface area contributed by atoms with Crippen molar-refractivity contribution in [3.05, 3.63) is 30.1 Å². The molecule has 0 unspecified atom stereocenters. The second-order valence-corrected chi connectivity index (χ2v) is 5.10. The second-order valence-electron chi connectivity index (χ2n) is 5.10. The molecule has 0 saturated heterocycles. The Hall–Kier alpha value is -2.11. The van der Waals surface area contributed by atoms with Crippen molar-refractivity contribution >= 4 is 11.9 Å². The molecule has 0 radical (unpaired) electrons. The maximum absolute atomic E-state index is 13.3. The molecule has 5 nitrogen and oxygen atoms in total. The summed E-state index contributed by atoms with van der Waals surface area (Å²) in [7, 11) is 0. The quantitative estimate of drug-likeness (QED) is 0.735. The first-order valence-electron chi connectivity index (χ1n) is 7.32. The summed E-state index contributed by atoms with van der Waals surface area (Å²) in [4.78, 5) is 23.1. The Morgan fingerprint density at radius 1 is 1.27 bits per heavy atom. The Morgan fingerprint density at radius 3 is 2.45 bits per heavy atom. The van der Waals surface area contributed by atoms with Crippen molar-refractivity contribution in [2.75, 3.05) is 13.2 Å². The zero-order valence-corrected chi connectivity index (χ0v) is 12.9. The Kier molecular flexibility index (Phi) is 6.82. The number of benzene rings is 1. The lowest BCUT2D eigenvalue weighted by Gasteiger charge is -2.26. The van der Waals surface area contributed by atoms with Crippen LogP contribution in [0.4, 0.5) is 4.39 Å². The molecule has 1 aromatic rings. The fourth-order valence-corrected chi connectivity index (χ4v) is 2.05. The zero-order chi connectivity index (χ0) is 16.6. The molecule has 1 aromatic carbocycles. The molecule has 0 aliphatic carbocycles. The summed E-state index contributed by atoms with van der Waals surface area (Å²) in [5.41, 5.74) is -0.942. The lowest BCUT2D eigenvalue weighted by atomic mass is 9.82. The third-order valence-corrected chi connectivity index (χ3v) is 3.85. The number of carbonyl (C=O) groups is 2. The number of aliphatic carboxylic acids is 1. The van der Waals surface area contributed by atoms with Crippen molar-refractivity contribution in [3.63, 3.8) is 0 Å². The first kappa shape index (κ1) is 17.9. The van der Waals surface area contributed by atoms with Crippen LogP contribution in [0.5, 0.6) is 5.75 Å². The number of ether oxygens (including phenoxy) is 1. The van der Waals surface area contributed by atoms with Crippen molar-refractivity contribution in [2.45, 2.75) is 33.1 Å². The molecule has 2 N–H and O–H groups in total. The van der Waals surface area contributed by atoms with Gasteiger partial charge in [0, 0.05) is 6.54 Å². The van der Waals surface area contributed by atoms with Gasteiger partial charge in [0.1, 0.15) is 0 Å². The van der Waals surface area contributed by atoms with Crippen LogP contribution >= 0.6 is 0 Å². The van der Waals surface area contributed by atoms with Gasteiger partial charge in [-0.1, -0.05) is 26.0 Å². The summed E-state index contributed by atoms with van der Waals surface area (Å²) in [5.74, 6) is -1.62. The van der Waals surface area contributed by atoms with Crippen molar-refractivity contribution < 1.29 is 23.8 Å². The van der Waals surface area contributed by atoms with Crippen molar-refractivity contribution in [1.82, 2.24) is 5.32 Å². The molecule has 0 bridgehead atoms. The topological polar surface area (TPSA) is 75.6 Å². The van der Waals surface area contributed by atoms with E-state index in [1.54, 1.807) is 26.0 Å². The third-order valence-electron chi connectivity index (χ3n) is 3.85. The van der Waals surface area contributed by atoms with Gasteiger partial charge in [-0.15, -0.1) is 0 Å². The standard InChI is InChI=1S/C16H22FNO4/c1-3-16(4-2,15(20)21)11-18-14(19)9-10-22-13-8-6-5-7-12(13)17/h5-8H,3-4,9-11H2,1-2H3,(H,18,19)(H,20,21). The first-order valence-corrected chi connectivity index (χ1v) is 7.32. The minimum absolute atomic E-state index is 0.0328. The largest absolute Gasteiger partial charge is 0.490 e. The van der Waals surface area contributed by atoms with Gasteiger partial charge in [-0.2, -0.15) is 0 Å². The van der Waals surface area contributed by atoms with E-state index >= 15 is 0 Å². The van der Waals surface area contributed by atoms with Gasteiger partial charge in [0.15, 0.2) is 11.6 Å². The maximum atomic E-state index is 13.3. The van der Waals surface area contributed by atoms with E-state index in [0.717, 1.165) is 0 Å². The van der Waals surface area contributed by atoms with Crippen LogP contribution in [0.3, 0.4) is 0 Å². The lowest BCUT2D eigenvalue weighted by Crippen LogP contribution is -2.42. The van der Waals surface area contributed by atoms with Gasteiger partial charge in [-0.05, 0) is 25.0 Å². The summed E-state index contributed by atoms with van der Waals surface area (Å²) in [6, 6.07) is 5.95. The summed E-state index contributed by atoms with van der Waals surface area (Å²) in [6.07, 6.45) is 0.910. The molecule has 0 aliphatic heterocycles. The normalized spacial score (nSPS) is 11.0. The van der Waals surface area contributed by atoms with Crippen molar-refractivity contribution in [1.29, 1.82) is 0 Å². The van der Waals surface area contributed by atoms with Gasteiger partial charge < -0.3 is 15.2 Å². The van der Waals surface area contributed by atoms with Crippen molar-refractivity contribution in [2.24, 2.45) is 5.41 Å². The predicted molar refractivity (Wildman–Crippen MR) is 80.2 cm³/mol. The second kappa shape index (κ2) is 8.36. The van der Waals surface area contributed by atoms with E-state index in [9.17, 15) is 19.1 Å². The molecule has 0 spiro atoms. The molecular formula is C16H22FNO4. The Bertz CT molecular complexity index is 515. The molecule has 1 rings (SSSR count). The Balaban J connectivity index is 2.41. The minimum Gasteiger partial charge on any atom is -0.490 e. The van der Waals surface area contributed by atoms with Crippen LogP contribution in [0.2, 0.25) is 0 Å². The van der Waals surface area contributed by atoms with E-state index in [4.69, 9.17) is 4.74 Å². The van der Waals surface area contributed by atoms with E-state index in [-0.39, 0.29) is 31.2 Å². The highest BCUT2D eigenvalue weighted by Gasteiger charge is 2.34. The van der Waals surface area contributed by atoms with E-state index < -0.39 is 17.2 Å². The van der Waals surface area contributed by atoms with Gasteiger partial charge in [0.2, 0.25) is 5.91 Å². The number of hydrogen-bond donors (Lipinski definition) is 2. The predicted octanol–water partition coefficient (Wildman–Crippen LogP) is 2.60. The lowest BCUT2D eigenvalue weighted by molar-refractivity contribution is -0.149. The molecule has 0 aromatic heterocycles. The molecular weight excluding hydrogens is 289 g/mol. The van der Waals surface area contributed by atoms with Crippen LogP contribution in [0.1, 0.15) is 33.1 Å². The number of rotatable bonds is 9. The molecule has 0 heterocycles. The fraction of sp³-hybridized carbons (Fsp3) is 0.500. The first-order chi connectivity index (χ1) is 10.4. The van der Waals surface area contributed by atoms with Crippen LogP contribution in [0.15, 0.2) is 24.3 Å². The fourth-order valence-electron chi connectivity index (χ4n) is 2.05. The van der Waals surface area contributed by atoms with Crippen molar-refractivity contribution in [3.8, 4) is 5.75 Å². The number of nitrogens with one attached hydrogen (secondary N) is 1. The molecule has 0 fully saturated rings. The van der Waals surface area contributed by atoms with Crippen LogP contribution in [0.25, 0.3) is 0 Å². The average molecular weight is 311 g/mol. The molecule has 6 heteroatoms. The Morgan fingerprint density at radius 2 is 1.91 bits per heavy atom. The van der Waals surface area contributed by atoms with E-state index in [2.05, 4.69) is 5.32 Å². The molecule has 0 saturated carbocycles. The number of halogens is 1. The van der Waals surface area contributed by atoms with Gasteiger partial charge >= 0.3 is 5.97 Å². The highest BCUT2D eigenvalue weighted by Crippen LogP contribution is 2.25. The van der Waals surface area contributed by atoms with E-state index in [1.165, 1.54) is 12.1 Å². The number of carbonyl (C=O) groups excluding carboxylic acids is 1. The van der Waals surface area contributed by atoms with Gasteiger partial charge in [0.05, 0.1) is 18.4 Å². The number of carboxylic acids is 1. The number of amides is 1. The van der Waals surface area contributed by atoms with Crippen LogP contribution in [-0.4, -0.2) is 30.1 Å². The van der Waals surface area contributed by atoms with Gasteiger partial charge in [-0.3, -0.25) is 9.59 Å². The molecule has 22 heavy (non-hydrogen) atoms. The van der Waals surface area contributed by atoms with Gasteiger partial charge in [-0.25, -0.2) is 4.39 Å². The van der Waals surface area contributed by atoms with Gasteiger partial charge in [0.25, 0.3) is 0 Å². The van der Waals surface area contributed by atoms with Crippen LogP contribution < -0.4 is 10.1 Å². The molecule has 0 atom stereocenters. The summed E-state index contributed by atoms with van der Waals surface area (Å²) < 4.78 is 18.5. The number of hydrogen-bond acceptors (Lipinski definition) is 3. The molecule has 0 aliphatic rings. The highest BCUT2D eigenvalue weighted by atomic mass is 19.1. The molecule has 1 amide bonds. The summed E-state index contributed by atoms with van der Waals surface area (Å²) in [6.45, 7) is 3.68. The van der Waals surface area contributed by atoms with Crippen LogP contribution in [0, 0.1) is 11.2 Å². The number of carboxylic acid groups (broad SMARTS) is 1. The van der Waals surface area contributed by atoms with E-state index in [0.29, 0.717) is 12.8 Å². The SMILES string of the molecule is CCC(CC)(CNC(=O)CCOc1ccccc1F)C(=O)O. The maximum Gasteiger partial charge on any atom is 0.311 e. The highest BCUT2D eigenvalue weighted by molar-refractivity contribution is 5.79. The summed E-state index contributed by atoms with van der Waals surface area (Å²) >= 11 is 0. The number of para-hydroxylation sites is 1.